The highest BCUT2D eigenvalue weighted by Gasteiger charge is 2.17. The maximum absolute atomic E-state index is 11.9. The predicted molar refractivity (Wildman–Crippen MR) is 92.2 cm³/mol. The minimum atomic E-state index is -0.768. The smallest absolute Gasteiger partial charge is 0.230 e. The maximum Gasteiger partial charge on any atom is 0.230 e. The summed E-state index contributed by atoms with van der Waals surface area (Å²) < 4.78 is 10.4. The van der Waals surface area contributed by atoms with Crippen molar-refractivity contribution in [1.29, 1.82) is 0 Å². The first-order valence-electron chi connectivity index (χ1n) is 7.92. The van der Waals surface area contributed by atoms with E-state index < -0.39 is 6.10 Å². The number of amides is 1. The van der Waals surface area contributed by atoms with Crippen molar-refractivity contribution in [1.82, 2.24) is 5.32 Å². The molecular formula is C17H25NO4S. The van der Waals surface area contributed by atoms with Crippen LogP contribution in [0.15, 0.2) is 18.2 Å². The molecule has 1 aliphatic carbocycles. The second-order valence-electron chi connectivity index (χ2n) is 5.65. The summed E-state index contributed by atoms with van der Waals surface area (Å²) in [5.74, 6) is 1.61. The van der Waals surface area contributed by atoms with Crippen molar-refractivity contribution in [3.63, 3.8) is 0 Å². The molecule has 1 amide bonds. The number of hydrogen-bond acceptors (Lipinski definition) is 5. The number of carbonyl (C=O) groups is 1. The van der Waals surface area contributed by atoms with E-state index in [9.17, 15) is 9.90 Å². The summed E-state index contributed by atoms with van der Waals surface area (Å²) in [7, 11) is 3.12. The number of rotatable bonds is 8. The molecule has 1 aromatic carbocycles. The van der Waals surface area contributed by atoms with Crippen LogP contribution in [0.25, 0.3) is 0 Å². The van der Waals surface area contributed by atoms with Crippen molar-refractivity contribution < 1.29 is 19.4 Å². The zero-order chi connectivity index (χ0) is 16.7. The van der Waals surface area contributed by atoms with Gasteiger partial charge in [0.25, 0.3) is 0 Å². The lowest BCUT2D eigenvalue weighted by molar-refractivity contribution is -0.119. The monoisotopic (exact) mass is 339 g/mol. The predicted octanol–water partition coefficient (Wildman–Crippen LogP) is 2.53. The summed E-state index contributed by atoms with van der Waals surface area (Å²) in [6.45, 7) is 0.194. The Hall–Kier alpha value is -1.40. The number of hydrogen-bond donors (Lipinski definition) is 2. The fraction of sp³-hybridized carbons (Fsp3) is 0.588. The minimum absolute atomic E-state index is 0.0265. The number of benzene rings is 1. The Morgan fingerprint density at radius 2 is 2.00 bits per heavy atom. The fourth-order valence-electron chi connectivity index (χ4n) is 2.69. The molecule has 1 fully saturated rings. The lowest BCUT2D eigenvalue weighted by atomic mass is 10.1. The van der Waals surface area contributed by atoms with Crippen LogP contribution in [0.1, 0.15) is 37.4 Å². The molecule has 1 atom stereocenters. The van der Waals surface area contributed by atoms with E-state index in [1.54, 1.807) is 44.2 Å². The molecule has 0 bridgehead atoms. The van der Waals surface area contributed by atoms with Gasteiger partial charge in [-0.2, -0.15) is 0 Å². The number of nitrogens with one attached hydrogen (secondary N) is 1. The lowest BCUT2D eigenvalue weighted by Crippen LogP contribution is -2.30. The van der Waals surface area contributed by atoms with Crippen LogP contribution >= 0.6 is 11.8 Å². The molecule has 1 aromatic rings. The van der Waals surface area contributed by atoms with Crippen LogP contribution < -0.4 is 14.8 Å². The average molecular weight is 339 g/mol. The molecule has 1 aliphatic rings. The van der Waals surface area contributed by atoms with E-state index >= 15 is 0 Å². The molecule has 2 N–H and O–H groups in total. The molecule has 0 heterocycles. The summed E-state index contributed by atoms with van der Waals surface area (Å²) in [5, 5.41) is 13.6. The Morgan fingerprint density at radius 1 is 1.30 bits per heavy atom. The molecule has 2 rings (SSSR count). The third-order valence-electron chi connectivity index (χ3n) is 4.04. The maximum atomic E-state index is 11.9. The number of thioether (sulfide) groups is 1. The van der Waals surface area contributed by atoms with Crippen LogP contribution in [0.3, 0.4) is 0 Å². The standard InChI is InChI=1S/C17H25NO4S/c1-21-15-8-7-12(9-16(15)22-2)14(19)10-18-17(20)11-23-13-5-3-4-6-13/h7-9,13-14,19H,3-6,10-11H2,1-2H3,(H,18,20). The number of aliphatic hydroxyl groups is 1. The van der Waals surface area contributed by atoms with Crippen LogP contribution in [0.5, 0.6) is 11.5 Å². The molecule has 0 spiro atoms. The molecule has 6 heteroatoms. The van der Waals surface area contributed by atoms with E-state index in [4.69, 9.17) is 9.47 Å². The van der Waals surface area contributed by atoms with Crippen molar-refractivity contribution in [2.75, 3.05) is 26.5 Å². The number of aliphatic hydroxyl groups excluding tert-OH is 1. The first-order valence-corrected chi connectivity index (χ1v) is 8.97. The Balaban J connectivity index is 1.79. The average Bonchev–Trinajstić information content (AvgIpc) is 3.10. The highest BCUT2D eigenvalue weighted by atomic mass is 32.2. The van der Waals surface area contributed by atoms with Gasteiger partial charge in [-0.15, -0.1) is 11.8 Å². The Labute approximate surface area is 141 Å². The Kier molecular flexibility index (Phi) is 7.05. The molecule has 0 aromatic heterocycles. The normalized spacial score (nSPS) is 16.1. The van der Waals surface area contributed by atoms with Gasteiger partial charge in [-0.1, -0.05) is 18.9 Å². The van der Waals surface area contributed by atoms with Gasteiger partial charge in [0.05, 0.1) is 26.1 Å². The molecule has 0 aliphatic heterocycles. The van der Waals surface area contributed by atoms with Crippen molar-refractivity contribution >= 4 is 17.7 Å². The van der Waals surface area contributed by atoms with Gasteiger partial charge in [0.15, 0.2) is 11.5 Å². The lowest BCUT2D eigenvalue weighted by Gasteiger charge is -2.15. The Morgan fingerprint density at radius 3 is 2.65 bits per heavy atom. The highest BCUT2D eigenvalue weighted by molar-refractivity contribution is 8.00. The summed E-state index contributed by atoms with van der Waals surface area (Å²) in [4.78, 5) is 11.9. The van der Waals surface area contributed by atoms with E-state index in [1.807, 2.05) is 0 Å². The van der Waals surface area contributed by atoms with Crippen LogP contribution in [0.2, 0.25) is 0 Å². The third kappa shape index (κ3) is 5.32. The van der Waals surface area contributed by atoms with Gasteiger partial charge in [-0.3, -0.25) is 4.79 Å². The minimum Gasteiger partial charge on any atom is -0.493 e. The van der Waals surface area contributed by atoms with Crippen LogP contribution in [0.4, 0.5) is 0 Å². The third-order valence-corrected chi connectivity index (χ3v) is 5.41. The van der Waals surface area contributed by atoms with E-state index in [1.165, 1.54) is 25.7 Å². The van der Waals surface area contributed by atoms with Crippen molar-refractivity contribution in [2.45, 2.75) is 37.0 Å². The van der Waals surface area contributed by atoms with Gasteiger partial charge < -0.3 is 19.9 Å². The summed E-state index contributed by atoms with van der Waals surface area (Å²) >= 11 is 1.72. The fourth-order valence-corrected chi connectivity index (χ4v) is 3.84. The van der Waals surface area contributed by atoms with E-state index in [2.05, 4.69) is 5.32 Å². The molecule has 128 valence electrons. The molecule has 5 nitrogen and oxygen atoms in total. The first-order chi connectivity index (χ1) is 11.1. The zero-order valence-corrected chi connectivity index (χ0v) is 14.5. The quantitative estimate of drug-likeness (QED) is 0.762. The molecule has 1 saturated carbocycles. The second kappa shape index (κ2) is 9.03. The van der Waals surface area contributed by atoms with E-state index in [0.29, 0.717) is 28.1 Å². The van der Waals surface area contributed by atoms with Gasteiger partial charge in [0, 0.05) is 11.8 Å². The van der Waals surface area contributed by atoms with Gasteiger partial charge in [-0.25, -0.2) is 0 Å². The number of methoxy groups -OCH3 is 2. The molecule has 0 radical (unpaired) electrons. The SMILES string of the molecule is COc1ccc(C(O)CNC(=O)CSC2CCCC2)cc1OC. The van der Waals surface area contributed by atoms with Crippen molar-refractivity contribution in [2.24, 2.45) is 0 Å². The molecule has 0 saturated heterocycles. The van der Waals surface area contributed by atoms with Gasteiger partial charge in [0.1, 0.15) is 0 Å². The first kappa shape index (κ1) is 17.9. The largest absolute Gasteiger partial charge is 0.493 e. The second-order valence-corrected chi connectivity index (χ2v) is 6.94. The van der Waals surface area contributed by atoms with Crippen molar-refractivity contribution in [3.8, 4) is 11.5 Å². The number of carbonyl (C=O) groups excluding carboxylic acids is 1. The summed E-state index contributed by atoms with van der Waals surface area (Å²) in [5.41, 5.74) is 0.686. The molecular weight excluding hydrogens is 314 g/mol. The van der Waals surface area contributed by atoms with E-state index in [0.717, 1.165) is 0 Å². The van der Waals surface area contributed by atoms with E-state index in [-0.39, 0.29) is 12.5 Å². The molecule has 1 unspecified atom stereocenters. The van der Waals surface area contributed by atoms with Gasteiger partial charge in [0.2, 0.25) is 5.91 Å². The van der Waals surface area contributed by atoms with Crippen LogP contribution in [0, 0.1) is 0 Å². The summed E-state index contributed by atoms with van der Waals surface area (Å²) in [6.07, 6.45) is 4.21. The zero-order valence-electron chi connectivity index (χ0n) is 13.7. The van der Waals surface area contributed by atoms with Crippen LogP contribution in [-0.4, -0.2) is 42.8 Å². The highest BCUT2D eigenvalue weighted by Crippen LogP contribution is 2.30. The number of ether oxygens (including phenoxy) is 2. The van der Waals surface area contributed by atoms with Gasteiger partial charge in [-0.05, 0) is 30.5 Å². The molecule has 23 heavy (non-hydrogen) atoms. The Bertz CT molecular complexity index is 517. The van der Waals surface area contributed by atoms with Crippen molar-refractivity contribution in [3.05, 3.63) is 23.8 Å². The summed E-state index contributed by atoms with van der Waals surface area (Å²) in [6, 6.07) is 5.24. The van der Waals surface area contributed by atoms with Crippen LogP contribution in [-0.2, 0) is 4.79 Å². The van der Waals surface area contributed by atoms with Gasteiger partial charge >= 0.3 is 0 Å². The topological polar surface area (TPSA) is 67.8 Å².